The van der Waals surface area contributed by atoms with E-state index in [9.17, 15) is 4.79 Å². The van der Waals surface area contributed by atoms with Gasteiger partial charge in [-0.15, -0.1) is 0 Å². The standard InChI is InChI=1S/C11H23N3O/c1-8(12)11(15)13-9-5-4-6-10(7-9)14(2)3/h8-10H,4-7,12H2,1-3H3,(H,13,15)/t8-,9?,10?/m1/s1. The second kappa shape index (κ2) is 5.47. The van der Waals surface area contributed by atoms with Crippen molar-refractivity contribution in [1.29, 1.82) is 0 Å². The lowest BCUT2D eigenvalue weighted by molar-refractivity contribution is -0.123. The number of amides is 1. The van der Waals surface area contributed by atoms with Crippen LogP contribution < -0.4 is 11.1 Å². The quantitative estimate of drug-likeness (QED) is 0.710. The fourth-order valence-corrected chi connectivity index (χ4v) is 2.10. The van der Waals surface area contributed by atoms with Gasteiger partial charge in [0.15, 0.2) is 0 Å². The van der Waals surface area contributed by atoms with Crippen LogP contribution in [0.5, 0.6) is 0 Å². The van der Waals surface area contributed by atoms with E-state index >= 15 is 0 Å². The van der Waals surface area contributed by atoms with Crippen molar-refractivity contribution >= 4 is 5.91 Å². The summed E-state index contributed by atoms with van der Waals surface area (Å²) in [6.07, 6.45) is 4.55. The molecule has 1 fully saturated rings. The van der Waals surface area contributed by atoms with Gasteiger partial charge in [-0.25, -0.2) is 0 Å². The molecular weight excluding hydrogens is 190 g/mol. The molecule has 0 aliphatic heterocycles. The van der Waals surface area contributed by atoms with Gasteiger partial charge in [0.1, 0.15) is 0 Å². The maximum absolute atomic E-state index is 11.4. The highest BCUT2D eigenvalue weighted by atomic mass is 16.2. The van der Waals surface area contributed by atoms with Crippen LogP contribution in [0, 0.1) is 0 Å². The third kappa shape index (κ3) is 3.80. The summed E-state index contributed by atoms with van der Waals surface area (Å²) in [6.45, 7) is 1.72. The lowest BCUT2D eigenvalue weighted by Gasteiger charge is -2.34. The summed E-state index contributed by atoms with van der Waals surface area (Å²) in [5.74, 6) is -0.0283. The van der Waals surface area contributed by atoms with Crippen LogP contribution in [0.4, 0.5) is 0 Å². The molecule has 0 bridgehead atoms. The third-order valence-corrected chi connectivity index (χ3v) is 3.14. The van der Waals surface area contributed by atoms with Crippen molar-refractivity contribution in [3.05, 3.63) is 0 Å². The molecule has 1 amide bonds. The summed E-state index contributed by atoms with van der Waals surface area (Å²) in [5.41, 5.74) is 5.53. The Morgan fingerprint density at radius 2 is 2.13 bits per heavy atom. The van der Waals surface area contributed by atoms with Crippen molar-refractivity contribution < 1.29 is 4.79 Å². The van der Waals surface area contributed by atoms with Gasteiger partial charge in [0, 0.05) is 12.1 Å². The molecule has 0 aromatic rings. The molecule has 1 saturated carbocycles. The first kappa shape index (κ1) is 12.5. The molecule has 0 aromatic heterocycles. The van der Waals surface area contributed by atoms with Crippen molar-refractivity contribution in [2.75, 3.05) is 14.1 Å². The van der Waals surface area contributed by atoms with Gasteiger partial charge in [-0.2, -0.15) is 0 Å². The zero-order valence-electron chi connectivity index (χ0n) is 9.99. The maximum Gasteiger partial charge on any atom is 0.236 e. The first-order valence-electron chi connectivity index (χ1n) is 5.73. The highest BCUT2D eigenvalue weighted by Crippen LogP contribution is 2.21. The Bertz CT molecular complexity index is 216. The molecule has 0 spiro atoms. The Morgan fingerprint density at radius 1 is 1.47 bits per heavy atom. The lowest BCUT2D eigenvalue weighted by Crippen LogP contribution is -2.48. The molecule has 3 N–H and O–H groups in total. The Morgan fingerprint density at radius 3 is 2.67 bits per heavy atom. The van der Waals surface area contributed by atoms with Crippen LogP contribution in [0.25, 0.3) is 0 Å². The van der Waals surface area contributed by atoms with E-state index in [0.29, 0.717) is 12.1 Å². The average molecular weight is 213 g/mol. The molecule has 15 heavy (non-hydrogen) atoms. The molecule has 0 saturated heterocycles. The van der Waals surface area contributed by atoms with E-state index in [-0.39, 0.29) is 5.91 Å². The number of carbonyl (C=O) groups excluding carboxylic acids is 1. The summed E-state index contributed by atoms with van der Waals surface area (Å²) < 4.78 is 0. The number of nitrogens with zero attached hydrogens (tertiary/aromatic N) is 1. The predicted octanol–water partition coefficient (Wildman–Crippen LogP) is 0.323. The summed E-state index contributed by atoms with van der Waals surface area (Å²) >= 11 is 0. The van der Waals surface area contributed by atoms with E-state index in [1.165, 1.54) is 12.8 Å². The van der Waals surface area contributed by atoms with Crippen molar-refractivity contribution in [1.82, 2.24) is 10.2 Å². The molecule has 2 unspecified atom stereocenters. The van der Waals surface area contributed by atoms with Gasteiger partial charge in [-0.3, -0.25) is 4.79 Å². The molecule has 0 aromatic carbocycles. The minimum Gasteiger partial charge on any atom is -0.352 e. The number of nitrogens with two attached hydrogens (primary N) is 1. The highest BCUT2D eigenvalue weighted by Gasteiger charge is 2.24. The zero-order valence-corrected chi connectivity index (χ0v) is 9.99. The number of rotatable bonds is 3. The molecule has 4 heteroatoms. The van der Waals surface area contributed by atoms with E-state index in [2.05, 4.69) is 24.3 Å². The Kier molecular flexibility index (Phi) is 4.54. The summed E-state index contributed by atoms with van der Waals surface area (Å²) in [4.78, 5) is 13.7. The van der Waals surface area contributed by atoms with Crippen LogP contribution in [-0.2, 0) is 4.79 Å². The Labute approximate surface area is 92.2 Å². The molecule has 0 radical (unpaired) electrons. The number of carbonyl (C=O) groups is 1. The van der Waals surface area contributed by atoms with Crippen LogP contribution in [0.3, 0.4) is 0 Å². The Hall–Kier alpha value is -0.610. The average Bonchev–Trinajstić information content (AvgIpc) is 2.18. The van der Waals surface area contributed by atoms with Crippen molar-refractivity contribution in [2.45, 2.75) is 50.7 Å². The Balaban J connectivity index is 2.39. The first-order valence-corrected chi connectivity index (χ1v) is 5.73. The number of nitrogens with one attached hydrogen (secondary N) is 1. The van der Waals surface area contributed by atoms with Gasteiger partial charge >= 0.3 is 0 Å². The van der Waals surface area contributed by atoms with Crippen LogP contribution in [0.2, 0.25) is 0 Å². The van der Waals surface area contributed by atoms with Crippen LogP contribution in [0.1, 0.15) is 32.6 Å². The van der Waals surface area contributed by atoms with Crippen LogP contribution >= 0.6 is 0 Å². The number of hydrogen-bond donors (Lipinski definition) is 2. The summed E-state index contributed by atoms with van der Waals surface area (Å²) in [6, 6.07) is 0.506. The van der Waals surface area contributed by atoms with Gasteiger partial charge in [0.05, 0.1) is 6.04 Å². The molecule has 1 rings (SSSR count). The molecule has 88 valence electrons. The van der Waals surface area contributed by atoms with Gasteiger partial charge in [-0.1, -0.05) is 0 Å². The van der Waals surface area contributed by atoms with E-state index in [1.807, 2.05) is 0 Å². The molecular formula is C11H23N3O. The second-order valence-corrected chi connectivity index (χ2v) is 4.78. The van der Waals surface area contributed by atoms with Gasteiger partial charge in [0.2, 0.25) is 5.91 Å². The van der Waals surface area contributed by atoms with Gasteiger partial charge < -0.3 is 16.0 Å². The van der Waals surface area contributed by atoms with Crippen molar-refractivity contribution in [2.24, 2.45) is 5.73 Å². The lowest BCUT2D eigenvalue weighted by atomic mass is 9.90. The zero-order chi connectivity index (χ0) is 11.4. The summed E-state index contributed by atoms with van der Waals surface area (Å²) in [7, 11) is 4.20. The normalized spacial score (nSPS) is 28.9. The van der Waals surface area contributed by atoms with E-state index in [1.54, 1.807) is 6.92 Å². The molecule has 3 atom stereocenters. The monoisotopic (exact) mass is 213 g/mol. The van der Waals surface area contributed by atoms with Crippen molar-refractivity contribution in [3.63, 3.8) is 0 Å². The second-order valence-electron chi connectivity index (χ2n) is 4.78. The minimum absolute atomic E-state index is 0.0283. The van der Waals surface area contributed by atoms with Crippen molar-refractivity contribution in [3.8, 4) is 0 Å². The first-order chi connectivity index (χ1) is 7.00. The van der Waals surface area contributed by atoms with Gasteiger partial charge in [0.25, 0.3) is 0 Å². The molecule has 0 heterocycles. The SMILES string of the molecule is C[C@@H](N)C(=O)NC1CCCC(N(C)C)C1. The highest BCUT2D eigenvalue weighted by molar-refractivity contribution is 5.81. The fraction of sp³-hybridized carbons (Fsp3) is 0.909. The van der Waals surface area contributed by atoms with Crippen LogP contribution in [0.15, 0.2) is 0 Å². The minimum atomic E-state index is -0.398. The topological polar surface area (TPSA) is 58.4 Å². The summed E-state index contributed by atoms with van der Waals surface area (Å²) in [5, 5.41) is 3.01. The molecule has 1 aliphatic rings. The number of hydrogen-bond acceptors (Lipinski definition) is 3. The van der Waals surface area contributed by atoms with Crippen LogP contribution in [-0.4, -0.2) is 43.0 Å². The molecule has 1 aliphatic carbocycles. The smallest absolute Gasteiger partial charge is 0.236 e. The van der Waals surface area contributed by atoms with E-state index in [4.69, 9.17) is 5.73 Å². The van der Waals surface area contributed by atoms with Gasteiger partial charge in [-0.05, 0) is 46.7 Å². The third-order valence-electron chi connectivity index (χ3n) is 3.14. The van der Waals surface area contributed by atoms with E-state index in [0.717, 1.165) is 12.8 Å². The largest absolute Gasteiger partial charge is 0.352 e. The molecule has 4 nitrogen and oxygen atoms in total. The van der Waals surface area contributed by atoms with E-state index < -0.39 is 6.04 Å². The fourth-order valence-electron chi connectivity index (χ4n) is 2.10. The predicted molar refractivity (Wildman–Crippen MR) is 61.5 cm³/mol. The maximum atomic E-state index is 11.4.